The lowest BCUT2D eigenvalue weighted by Crippen LogP contribution is -2.28. The number of pyridine rings is 4. The van der Waals surface area contributed by atoms with E-state index >= 15 is 4.39 Å². The number of unbranched alkanes of at least 4 members (excludes halogenated alkanes) is 1. The van der Waals surface area contributed by atoms with E-state index in [9.17, 15) is 9.50 Å². The molecule has 10 heteroatoms. The Morgan fingerprint density at radius 3 is 2.40 bits per heavy atom. The molecule has 0 spiro atoms. The number of benzene rings is 1. The van der Waals surface area contributed by atoms with Gasteiger partial charge in [-0.2, -0.15) is 0 Å². The molecular formula is C33H34F2N6O2. The van der Waals surface area contributed by atoms with Gasteiger partial charge in [0.25, 0.3) is 0 Å². The van der Waals surface area contributed by atoms with Gasteiger partial charge in [0.1, 0.15) is 17.5 Å². The molecule has 0 aliphatic carbocycles. The second-order valence-electron chi connectivity index (χ2n) is 10.3. The van der Waals surface area contributed by atoms with Gasteiger partial charge in [-0.05, 0) is 44.0 Å². The van der Waals surface area contributed by atoms with Crippen LogP contribution in [0.25, 0.3) is 33.3 Å². The molecule has 0 aliphatic heterocycles. The molecule has 4 aromatic heterocycles. The number of halogens is 2. The third-order valence-electron chi connectivity index (χ3n) is 7.31. The van der Waals surface area contributed by atoms with Crippen LogP contribution >= 0.6 is 0 Å². The Labute approximate surface area is 249 Å². The number of fused-ring (bicyclic) bond motifs is 1. The molecule has 0 saturated carbocycles. The lowest BCUT2D eigenvalue weighted by atomic mass is 10.0. The van der Waals surface area contributed by atoms with Crippen molar-refractivity contribution in [3.63, 3.8) is 0 Å². The van der Waals surface area contributed by atoms with Crippen LogP contribution in [0.5, 0.6) is 5.88 Å². The van der Waals surface area contributed by atoms with Crippen LogP contribution in [0.2, 0.25) is 0 Å². The zero-order valence-corrected chi connectivity index (χ0v) is 24.7. The smallest absolute Gasteiger partial charge is 0.212 e. The number of hydrogen-bond donors (Lipinski definition) is 2. The van der Waals surface area contributed by atoms with E-state index in [4.69, 9.17) is 9.72 Å². The van der Waals surface area contributed by atoms with Crippen LogP contribution in [0.4, 0.5) is 26.0 Å². The highest BCUT2D eigenvalue weighted by molar-refractivity contribution is 5.99. The van der Waals surface area contributed by atoms with Crippen LogP contribution in [0.3, 0.4) is 0 Å². The minimum atomic E-state index is -0.728. The Kier molecular flexibility index (Phi) is 9.06. The summed E-state index contributed by atoms with van der Waals surface area (Å²) in [5.41, 5.74) is 5.51. The Hall–Kier alpha value is -4.70. The summed E-state index contributed by atoms with van der Waals surface area (Å²) in [7, 11) is 1.55. The Morgan fingerprint density at radius 1 is 0.930 bits per heavy atom. The predicted molar refractivity (Wildman–Crippen MR) is 166 cm³/mol. The van der Waals surface area contributed by atoms with Gasteiger partial charge < -0.3 is 20.1 Å². The molecule has 0 unspecified atom stereocenters. The van der Waals surface area contributed by atoms with Gasteiger partial charge in [-0.15, -0.1) is 0 Å². The lowest BCUT2D eigenvalue weighted by Gasteiger charge is -2.25. The molecule has 0 aliphatic rings. The zero-order valence-electron chi connectivity index (χ0n) is 24.7. The number of ether oxygens (including phenoxy) is 1. The summed E-state index contributed by atoms with van der Waals surface area (Å²) in [6, 6.07) is 11.4. The van der Waals surface area contributed by atoms with Gasteiger partial charge in [-0.25, -0.2) is 23.7 Å². The molecule has 0 saturated heterocycles. The molecule has 0 atom stereocenters. The quantitative estimate of drug-likeness (QED) is 0.171. The van der Waals surface area contributed by atoms with Crippen LogP contribution in [-0.4, -0.2) is 51.8 Å². The van der Waals surface area contributed by atoms with Crippen molar-refractivity contribution in [2.24, 2.45) is 0 Å². The number of anilines is 3. The predicted octanol–water partition coefficient (Wildman–Crippen LogP) is 7.00. The maximum atomic E-state index is 15.5. The summed E-state index contributed by atoms with van der Waals surface area (Å²) in [6.45, 7) is 6.93. The van der Waals surface area contributed by atoms with Crippen molar-refractivity contribution < 1.29 is 18.6 Å². The average Bonchev–Trinajstić information content (AvgIpc) is 3.01. The monoisotopic (exact) mass is 584 g/mol. The summed E-state index contributed by atoms with van der Waals surface area (Å²) < 4.78 is 35.2. The van der Waals surface area contributed by atoms with Crippen LogP contribution < -0.4 is 15.0 Å². The average molecular weight is 585 g/mol. The number of aryl methyl sites for hydroxylation is 1. The highest BCUT2D eigenvalue weighted by Crippen LogP contribution is 2.40. The van der Waals surface area contributed by atoms with E-state index in [0.29, 0.717) is 53.0 Å². The van der Waals surface area contributed by atoms with E-state index in [2.05, 4.69) is 27.2 Å². The van der Waals surface area contributed by atoms with Crippen molar-refractivity contribution >= 4 is 28.1 Å². The first-order chi connectivity index (χ1) is 20.8. The number of hydrogen-bond acceptors (Lipinski definition) is 8. The molecule has 0 fully saturated rings. The normalized spacial score (nSPS) is 11.1. The number of methoxy groups -OCH3 is 1. The van der Waals surface area contributed by atoms with Crippen LogP contribution in [0.1, 0.15) is 31.0 Å². The number of aliphatic hydroxyl groups is 1. The minimum Gasteiger partial charge on any atom is -0.481 e. The topological polar surface area (TPSA) is 96.3 Å². The molecule has 4 heterocycles. The number of aliphatic hydroxyl groups excluding tert-OH is 1. The second kappa shape index (κ2) is 13.1. The Morgan fingerprint density at radius 2 is 1.72 bits per heavy atom. The van der Waals surface area contributed by atoms with E-state index in [1.165, 1.54) is 6.07 Å². The fraction of sp³-hybridized carbons (Fsp3) is 0.273. The van der Waals surface area contributed by atoms with Gasteiger partial charge in [-0.1, -0.05) is 13.3 Å². The molecular weight excluding hydrogens is 550 g/mol. The van der Waals surface area contributed by atoms with E-state index in [1.807, 2.05) is 43.0 Å². The maximum absolute atomic E-state index is 15.5. The molecule has 5 aromatic rings. The SMILES string of the molecule is CCCCN(CCO)c1cc(Nc2c(C)c(-c3ccc(C)nc3)nc3cc(F)cc(F)c23)c(-c2ccc(OC)nc2)cn1. The summed E-state index contributed by atoms with van der Waals surface area (Å²) in [4.78, 5) is 20.2. The summed E-state index contributed by atoms with van der Waals surface area (Å²) in [6.07, 6.45) is 7.03. The van der Waals surface area contributed by atoms with Crippen molar-refractivity contribution in [3.8, 4) is 28.3 Å². The van der Waals surface area contributed by atoms with Crippen LogP contribution in [-0.2, 0) is 0 Å². The Balaban J connectivity index is 1.73. The molecule has 0 amide bonds. The minimum absolute atomic E-state index is 0.0306. The zero-order chi connectivity index (χ0) is 30.5. The van der Waals surface area contributed by atoms with Crippen molar-refractivity contribution in [2.45, 2.75) is 33.6 Å². The standard InChI is InChI=1S/C33H34F2N6O2/c1-5-6-11-41(12-13-42)29-16-27(25(19-37-29)22-9-10-30(43-4)38-17-22)39-33-21(3)32(23-8-7-20(2)36-18-23)40-28-15-24(34)14-26(35)31(28)33/h7-10,14-19,42H,5-6,11-13H2,1-4H3,(H,37,39,40). The third-order valence-corrected chi connectivity index (χ3v) is 7.31. The Bertz CT molecular complexity index is 1730. The fourth-order valence-electron chi connectivity index (χ4n) is 5.01. The van der Waals surface area contributed by atoms with Gasteiger partial charge in [0.15, 0.2) is 0 Å². The van der Waals surface area contributed by atoms with E-state index < -0.39 is 11.6 Å². The maximum Gasteiger partial charge on any atom is 0.212 e. The van der Waals surface area contributed by atoms with Gasteiger partial charge in [-0.3, -0.25) is 4.98 Å². The fourth-order valence-corrected chi connectivity index (χ4v) is 5.01. The van der Waals surface area contributed by atoms with Gasteiger partial charge in [0.2, 0.25) is 5.88 Å². The largest absolute Gasteiger partial charge is 0.481 e. The molecule has 1 aromatic carbocycles. The number of nitrogens with one attached hydrogen (secondary N) is 1. The van der Waals surface area contributed by atoms with Crippen molar-refractivity contribution in [2.75, 3.05) is 37.0 Å². The van der Waals surface area contributed by atoms with Crippen LogP contribution in [0, 0.1) is 25.5 Å². The van der Waals surface area contributed by atoms with E-state index in [1.54, 1.807) is 31.8 Å². The first-order valence-corrected chi connectivity index (χ1v) is 14.2. The van der Waals surface area contributed by atoms with Gasteiger partial charge in [0.05, 0.1) is 41.7 Å². The molecule has 5 rings (SSSR count). The number of aromatic nitrogens is 4. The molecule has 8 nitrogen and oxygen atoms in total. The van der Waals surface area contributed by atoms with E-state index in [0.717, 1.165) is 35.7 Å². The molecule has 2 N–H and O–H groups in total. The lowest BCUT2D eigenvalue weighted by molar-refractivity contribution is 0.301. The summed E-state index contributed by atoms with van der Waals surface area (Å²) in [5.74, 6) is -0.325. The second-order valence-corrected chi connectivity index (χ2v) is 10.3. The molecule has 222 valence electrons. The van der Waals surface area contributed by atoms with Crippen molar-refractivity contribution in [3.05, 3.63) is 83.9 Å². The van der Waals surface area contributed by atoms with Crippen LogP contribution in [0.15, 0.2) is 61.1 Å². The van der Waals surface area contributed by atoms with E-state index in [-0.39, 0.29) is 17.5 Å². The van der Waals surface area contributed by atoms with Crippen molar-refractivity contribution in [1.82, 2.24) is 19.9 Å². The van der Waals surface area contributed by atoms with Gasteiger partial charge in [0, 0.05) is 78.3 Å². The number of rotatable bonds is 11. The van der Waals surface area contributed by atoms with Gasteiger partial charge >= 0.3 is 0 Å². The number of nitrogens with zero attached hydrogens (tertiary/aromatic N) is 5. The summed E-state index contributed by atoms with van der Waals surface area (Å²) in [5, 5.41) is 13.4. The molecule has 0 radical (unpaired) electrons. The first kappa shape index (κ1) is 29.8. The molecule has 0 bridgehead atoms. The van der Waals surface area contributed by atoms with Crippen molar-refractivity contribution in [1.29, 1.82) is 0 Å². The third kappa shape index (κ3) is 6.39. The first-order valence-electron chi connectivity index (χ1n) is 14.2. The highest BCUT2D eigenvalue weighted by Gasteiger charge is 2.21. The molecule has 43 heavy (non-hydrogen) atoms. The highest BCUT2D eigenvalue weighted by atomic mass is 19.1. The summed E-state index contributed by atoms with van der Waals surface area (Å²) >= 11 is 0.